The zero-order valence-electron chi connectivity index (χ0n) is 14.3. The van der Waals surface area contributed by atoms with E-state index in [1.807, 2.05) is 32.3 Å². The molecule has 0 aliphatic rings. The lowest BCUT2D eigenvalue weighted by Crippen LogP contribution is -2.23. The van der Waals surface area contributed by atoms with E-state index in [1.54, 1.807) is 23.9 Å². The number of aliphatic carboxylic acids is 2. The van der Waals surface area contributed by atoms with Crippen LogP contribution in [0.5, 0.6) is 0 Å². The van der Waals surface area contributed by atoms with Gasteiger partial charge >= 0.3 is 0 Å². The molecule has 2 aromatic carbocycles. The van der Waals surface area contributed by atoms with E-state index in [2.05, 4.69) is 17.0 Å². The molecule has 0 atom stereocenters. The smallest absolute Gasteiger partial charge is 0.124 e. The molecule has 7 heteroatoms. The number of carboxylic acids is 2. The van der Waals surface area contributed by atoms with Gasteiger partial charge in [0.05, 0.1) is 11.9 Å². The minimum atomic E-state index is -1.55. The molecule has 138 valence electrons. The van der Waals surface area contributed by atoms with Crippen LogP contribution in [-0.4, -0.2) is 30.9 Å². The first-order chi connectivity index (χ1) is 12.3. The first kappa shape index (κ1) is 21.4. The van der Waals surface area contributed by atoms with Crippen molar-refractivity contribution in [2.45, 2.75) is 16.3 Å². The molecule has 0 unspecified atom stereocenters. The summed E-state index contributed by atoms with van der Waals surface area (Å²) in [5.74, 6) is -3.28. The molecular formula is C19H18FNO4S-2. The van der Waals surface area contributed by atoms with Gasteiger partial charge in [0.1, 0.15) is 5.82 Å². The third kappa shape index (κ3) is 9.00. The number of carbonyl (C=O) groups excluding carboxylic acids is 2. The van der Waals surface area contributed by atoms with Crippen LogP contribution < -0.4 is 10.2 Å². The summed E-state index contributed by atoms with van der Waals surface area (Å²) in [6, 6.07) is 14.9. The molecule has 0 heterocycles. The van der Waals surface area contributed by atoms with E-state index in [9.17, 15) is 24.2 Å². The van der Waals surface area contributed by atoms with Crippen molar-refractivity contribution in [3.8, 4) is 0 Å². The molecule has 0 amide bonds. The topological polar surface area (TPSA) is 83.5 Å². The van der Waals surface area contributed by atoms with Crippen LogP contribution in [0.3, 0.4) is 0 Å². The van der Waals surface area contributed by atoms with E-state index >= 15 is 0 Å². The molecule has 26 heavy (non-hydrogen) atoms. The summed E-state index contributed by atoms with van der Waals surface area (Å²) in [5.41, 5.74) is 1.26. The highest BCUT2D eigenvalue weighted by molar-refractivity contribution is 7.99. The maximum Gasteiger partial charge on any atom is 0.124 e. The van der Waals surface area contributed by atoms with Crippen LogP contribution in [0.4, 0.5) is 4.39 Å². The Bertz CT molecular complexity index is 762. The molecule has 0 bridgehead atoms. The minimum Gasteiger partial charge on any atom is -0.545 e. The van der Waals surface area contributed by atoms with Gasteiger partial charge in [-0.05, 0) is 56.1 Å². The lowest BCUT2D eigenvalue weighted by atomic mass is 10.2. The number of nitrogens with zero attached hydrogens (tertiary/aromatic N) is 1. The Morgan fingerprint density at radius 3 is 2.19 bits per heavy atom. The summed E-state index contributed by atoms with van der Waals surface area (Å²) in [6.45, 7) is 0.887. The zero-order chi connectivity index (χ0) is 19.5. The number of hydrogen-bond acceptors (Lipinski definition) is 6. The third-order valence-electron chi connectivity index (χ3n) is 2.84. The Labute approximate surface area is 155 Å². The van der Waals surface area contributed by atoms with E-state index in [0.29, 0.717) is 12.2 Å². The Hall–Kier alpha value is -2.64. The van der Waals surface area contributed by atoms with E-state index in [1.165, 1.54) is 16.5 Å². The normalized spacial score (nSPS) is 10.5. The Morgan fingerprint density at radius 1 is 1.04 bits per heavy atom. The molecule has 0 aliphatic carbocycles. The van der Waals surface area contributed by atoms with Gasteiger partial charge in [0, 0.05) is 16.3 Å². The predicted octanol–water partition coefficient (Wildman–Crippen LogP) is 1.08. The van der Waals surface area contributed by atoms with Crippen LogP contribution in [0.1, 0.15) is 5.56 Å². The van der Waals surface area contributed by atoms with E-state index < -0.39 is 11.9 Å². The maximum absolute atomic E-state index is 13.2. The van der Waals surface area contributed by atoms with Gasteiger partial charge in [-0.15, -0.1) is 0 Å². The fourth-order valence-corrected chi connectivity index (χ4v) is 2.85. The molecule has 2 aromatic rings. The largest absolute Gasteiger partial charge is 0.545 e. The average Bonchev–Trinajstić information content (AvgIpc) is 2.55. The third-order valence-corrected chi connectivity index (χ3v) is 3.95. The number of carboxylic acid groups (broad SMARTS) is 2. The number of halogens is 1. The zero-order valence-corrected chi connectivity index (χ0v) is 15.2. The monoisotopic (exact) mass is 375 g/mol. The molecule has 2 rings (SSSR count). The molecule has 0 fully saturated rings. The highest BCUT2D eigenvalue weighted by Gasteiger charge is 2.05. The average molecular weight is 375 g/mol. The van der Waals surface area contributed by atoms with Gasteiger partial charge in [-0.3, -0.25) is 0 Å². The molecule has 0 radical (unpaired) electrons. The summed E-state index contributed by atoms with van der Waals surface area (Å²) in [7, 11) is 4.09. The van der Waals surface area contributed by atoms with Crippen molar-refractivity contribution in [3.05, 3.63) is 72.1 Å². The number of carbonyl (C=O) groups is 2. The Balaban J connectivity index is 0.000000359. The quantitative estimate of drug-likeness (QED) is 0.703. The highest BCUT2D eigenvalue weighted by Crippen LogP contribution is 2.31. The van der Waals surface area contributed by atoms with Gasteiger partial charge in [0.25, 0.3) is 0 Å². The maximum atomic E-state index is 13.2. The van der Waals surface area contributed by atoms with Gasteiger partial charge in [-0.2, -0.15) is 0 Å². The van der Waals surface area contributed by atoms with E-state index in [0.717, 1.165) is 11.4 Å². The van der Waals surface area contributed by atoms with Gasteiger partial charge in [-0.1, -0.05) is 36.0 Å². The van der Waals surface area contributed by atoms with Crippen molar-refractivity contribution >= 4 is 23.7 Å². The standard InChI is InChI=1S/C15H16FNS.C4H4O4/c1-17(2)11-12-6-3-4-9-15(12)18-14-8-5-7-13(16)10-14;5-3(6)1-2-4(7)8/h3-10H,11H2,1-2H3;1-2H,(H,5,6)(H,7,8)/p-2/b;2-1+. The number of hydrogen-bond donors (Lipinski definition) is 0. The fourth-order valence-electron chi connectivity index (χ4n) is 1.87. The van der Waals surface area contributed by atoms with Crippen LogP contribution in [0.2, 0.25) is 0 Å². The summed E-state index contributed by atoms with van der Waals surface area (Å²) >= 11 is 1.60. The van der Waals surface area contributed by atoms with Crippen LogP contribution in [0, 0.1) is 5.82 Å². The van der Waals surface area contributed by atoms with Crippen LogP contribution >= 0.6 is 11.8 Å². The second-order valence-corrected chi connectivity index (χ2v) is 6.49. The summed E-state index contributed by atoms with van der Waals surface area (Å²) < 4.78 is 13.2. The van der Waals surface area contributed by atoms with Crippen molar-refractivity contribution in [2.24, 2.45) is 0 Å². The molecule has 0 spiro atoms. The predicted molar refractivity (Wildman–Crippen MR) is 93.5 cm³/mol. The fraction of sp³-hybridized carbons (Fsp3) is 0.158. The molecule has 0 aromatic heterocycles. The summed E-state index contributed by atoms with van der Waals surface area (Å²) in [4.78, 5) is 23.1. The van der Waals surface area contributed by atoms with Gasteiger partial charge in [0.15, 0.2) is 0 Å². The van der Waals surface area contributed by atoms with Gasteiger partial charge < -0.3 is 24.7 Å². The van der Waals surface area contributed by atoms with Crippen molar-refractivity contribution in [1.29, 1.82) is 0 Å². The molecule has 0 saturated carbocycles. The molecule has 0 aliphatic heterocycles. The lowest BCUT2D eigenvalue weighted by molar-refractivity contribution is -0.301. The first-order valence-electron chi connectivity index (χ1n) is 7.54. The number of benzene rings is 2. The number of rotatable bonds is 6. The highest BCUT2D eigenvalue weighted by atomic mass is 32.2. The van der Waals surface area contributed by atoms with Crippen molar-refractivity contribution in [3.63, 3.8) is 0 Å². The van der Waals surface area contributed by atoms with E-state index in [-0.39, 0.29) is 5.82 Å². The first-order valence-corrected chi connectivity index (χ1v) is 8.35. The molecular weight excluding hydrogens is 357 g/mol. The van der Waals surface area contributed by atoms with Gasteiger partial charge in [0.2, 0.25) is 0 Å². The second-order valence-electron chi connectivity index (χ2n) is 5.38. The molecule has 0 saturated heterocycles. The summed E-state index contributed by atoms with van der Waals surface area (Å²) in [5, 5.41) is 18.8. The minimum absolute atomic E-state index is 0.190. The summed E-state index contributed by atoms with van der Waals surface area (Å²) in [6.07, 6.45) is 0.769. The van der Waals surface area contributed by atoms with Crippen molar-refractivity contribution in [2.75, 3.05) is 14.1 Å². The van der Waals surface area contributed by atoms with E-state index in [4.69, 9.17) is 0 Å². The SMILES string of the molecule is CN(C)Cc1ccccc1Sc1cccc(F)c1.O=C([O-])/C=C/C(=O)[O-]. The lowest BCUT2D eigenvalue weighted by Gasteiger charge is -2.13. The Morgan fingerprint density at radius 2 is 1.65 bits per heavy atom. The van der Waals surface area contributed by atoms with Crippen LogP contribution in [0.25, 0.3) is 0 Å². The van der Waals surface area contributed by atoms with Crippen LogP contribution in [-0.2, 0) is 16.1 Å². The van der Waals surface area contributed by atoms with Crippen LogP contribution in [0.15, 0.2) is 70.5 Å². The Kier molecular flexibility index (Phi) is 9.11. The molecule has 5 nitrogen and oxygen atoms in total. The van der Waals surface area contributed by atoms with Crippen molar-refractivity contribution < 1.29 is 24.2 Å². The van der Waals surface area contributed by atoms with Crippen molar-refractivity contribution in [1.82, 2.24) is 4.90 Å². The van der Waals surface area contributed by atoms with Gasteiger partial charge in [-0.25, -0.2) is 4.39 Å². The second kappa shape index (κ2) is 11.1. The molecule has 0 N–H and O–H groups in total.